The maximum Gasteiger partial charge on any atom is 0.317 e. The molecule has 0 radical (unpaired) electrons. The van der Waals surface area contributed by atoms with Gasteiger partial charge in [0.15, 0.2) is 0 Å². The van der Waals surface area contributed by atoms with Crippen LogP contribution in [-0.2, 0) is 11.2 Å². The first kappa shape index (κ1) is 14.4. The van der Waals surface area contributed by atoms with Crippen LogP contribution in [0.2, 0.25) is 0 Å². The normalized spacial score (nSPS) is 19.6. The second kappa shape index (κ2) is 6.41. The molecule has 0 aromatic heterocycles. The van der Waals surface area contributed by atoms with Gasteiger partial charge in [0, 0.05) is 19.1 Å². The summed E-state index contributed by atoms with van der Waals surface area (Å²) in [6, 6.07) is 9.82. The number of carboxylic acids is 1. The highest BCUT2D eigenvalue weighted by Crippen LogP contribution is 2.16. The van der Waals surface area contributed by atoms with Crippen LogP contribution in [0, 0.1) is 5.92 Å². The third-order valence-electron chi connectivity index (χ3n) is 3.58. The van der Waals surface area contributed by atoms with Gasteiger partial charge in [0.1, 0.15) is 0 Å². The van der Waals surface area contributed by atoms with Crippen molar-refractivity contribution < 1.29 is 14.7 Å². The number of urea groups is 1. The molecule has 20 heavy (non-hydrogen) atoms. The lowest BCUT2D eigenvalue weighted by atomic mass is 10.1. The van der Waals surface area contributed by atoms with E-state index in [2.05, 4.69) is 5.32 Å². The molecule has 1 aromatic carbocycles. The monoisotopic (exact) mass is 276 g/mol. The van der Waals surface area contributed by atoms with Crippen molar-refractivity contribution in [3.63, 3.8) is 0 Å². The summed E-state index contributed by atoms with van der Waals surface area (Å²) in [5.41, 5.74) is 1.17. The van der Waals surface area contributed by atoms with Gasteiger partial charge in [0.2, 0.25) is 0 Å². The van der Waals surface area contributed by atoms with Gasteiger partial charge >= 0.3 is 12.0 Å². The van der Waals surface area contributed by atoms with Crippen molar-refractivity contribution in [2.75, 3.05) is 13.1 Å². The molecule has 5 heteroatoms. The molecule has 1 aliphatic heterocycles. The Balaban J connectivity index is 1.81. The van der Waals surface area contributed by atoms with E-state index in [4.69, 9.17) is 5.11 Å². The van der Waals surface area contributed by atoms with Crippen LogP contribution in [0.5, 0.6) is 0 Å². The lowest BCUT2D eigenvalue weighted by Gasteiger charge is -2.20. The number of carboxylic acid groups (broad SMARTS) is 1. The topological polar surface area (TPSA) is 69.6 Å². The molecule has 1 saturated heterocycles. The number of aliphatic carboxylic acids is 1. The van der Waals surface area contributed by atoms with Gasteiger partial charge in [-0.15, -0.1) is 0 Å². The maximum absolute atomic E-state index is 12.0. The Morgan fingerprint density at radius 1 is 1.40 bits per heavy atom. The number of nitrogens with zero attached hydrogens (tertiary/aromatic N) is 1. The molecule has 1 aromatic rings. The summed E-state index contributed by atoms with van der Waals surface area (Å²) in [7, 11) is 0. The van der Waals surface area contributed by atoms with Gasteiger partial charge in [0.05, 0.1) is 5.92 Å². The second-order valence-corrected chi connectivity index (χ2v) is 5.31. The molecule has 2 unspecified atom stereocenters. The number of carbonyl (C=O) groups is 2. The molecule has 0 aliphatic carbocycles. The van der Waals surface area contributed by atoms with Gasteiger partial charge < -0.3 is 15.3 Å². The fourth-order valence-corrected chi connectivity index (χ4v) is 2.47. The summed E-state index contributed by atoms with van der Waals surface area (Å²) < 4.78 is 0. The van der Waals surface area contributed by atoms with Crippen molar-refractivity contribution in [1.29, 1.82) is 0 Å². The highest BCUT2D eigenvalue weighted by Gasteiger charge is 2.31. The predicted octanol–water partition coefficient (Wildman–Crippen LogP) is 1.73. The Morgan fingerprint density at radius 2 is 2.10 bits per heavy atom. The standard InChI is InChI=1S/C15H20N2O3/c1-11(9-12-5-3-2-4-6-12)16-15(20)17-8-7-13(10-17)14(18)19/h2-6,11,13H,7-10H2,1H3,(H,16,20)(H,18,19). The fourth-order valence-electron chi connectivity index (χ4n) is 2.47. The molecular weight excluding hydrogens is 256 g/mol. The van der Waals surface area contributed by atoms with E-state index >= 15 is 0 Å². The number of benzene rings is 1. The van der Waals surface area contributed by atoms with Gasteiger partial charge in [-0.3, -0.25) is 4.79 Å². The Bertz CT molecular complexity index is 475. The number of nitrogens with one attached hydrogen (secondary N) is 1. The number of hydrogen-bond acceptors (Lipinski definition) is 2. The first-order valence-electron chi connectivity index (χ1n) is 6.88. The average Bonchev–Trinajstić information content (AvgIpc) is 2.89. The molecule has 0 bridgehead atoms. The van der Waals surface area contributed by atoms with Crippen molar-refractivity contribution >= 4 is 12.0 Å². The molecule has 2 rings (SSSR count). The van der Waals surface area contributed by atoms with E-state index < -0.39 is 11.9 Å². The minimum absolute atomic E-state index is 0.0220. The highest BCUT2D eigenvalue weighted by molar-refractivity contribution is 5.77. The summed E-state index contributed by atoms with van der Waals surface area (Å²) >= 11 is 0. The molecule has 1 fully saturated rings. The zero-order valence-electron chi connectivity index (χ0n) is 11.6. The largest absolute Gasteiger partial charge is 0.481 e. The fraction of sp³-hybridized carbons (Fsp3) is 0.467. The summed E-state index contributed by atoms with van der Waals surface area (Å²) in [5, 5.41) is 11.9. The Kier molecular flexibility index (Phi) is 4.61. The molecule has 2 atom stereocenters. The first-order chi connectivity index (χ1) is 9.56. The first-order valence-corrected chi connectivity index (χ1v) is 6.88. The predicted molar refractivity (Wildman–Crippen MR) is 75.5 cm³/mol. The smallest absolute Gasteiger partial charge is 0.317 e. The van der Waals surface area contributed by atoms with Crippen LogP contribution in [0.25, 0.3) is 0 Å². The highest BCUT2D eigenvalue weighted by atomic mass is 16.4. The SMILES string of the molecule is CC(Cc1ccccc1)NC(=O)N1CCC(C(=O)O)C1. The van der Waals surface area contributed by atoms with E-state index in [0.29, 0.717) is 19.5 Å². The zero-order valence-corrected chi connectivity index (χ0v) is 11.6. The van der Waals surface area contributed by atoms with Gasteiger partial charge in [-0.1, -0.05) is 30.3 Å². The number of carbonyl (C=O) groups excluding carboxylic acids is 1. The van der Waals surface area contributed by atoms with Crippen LogP contribution in [0.3, 0.4) is 0 Å². The molecule has 0 spiro atoms. The summed E-state index contributed by atoms with van der Waals surface area (Å²) in [6.07, 6.45) is 1.30. The zero-order chi connectivity index (χ0) is 14.5. The quantitative estimate of drug-likeness (QED) is 0.880. The Morgan fingerprint density at radius 3 is 2.70 bits per heavy atom. The number of likely N-dealkylation sites (tertiary alicyclic amines) is 1. The van der Waals surface area contributed by atoms with Crippen molar-refractivity contribution in [2.24, 2.45) is 5.92 Å². The number of amides is 2. The summed E-state index contributed by atoms with van der Waals surface area (Å²) in [5.74, 6) is -1.25. The maximum atomic E-state index is 12.0. The van der Waals surface area contributed by atoms with E-state index in [1.165, 1.54) is 5.56 Å². The average molecular weight is 276 g/mol. The summed E-state index contributed by atoms with van der Waals surface area (Å²) in [4.78, 5) is 24.5. The van der Waals surface area contributed by atoms with Crippen LogP contribution in [0.15, 0.2) is 30.3 Å². The molecule has 1 aliphatic rings. The van der Waals surface area contributed by atoms with E-state index in [1.54, 1.807) is 4.90 Å². The third-order valence-corrected chi connectivity index (χ3v) is 3.58. The second-order valence-electron chi connectivity index (χ2n) is 5.31. The molecule has 108 valence electrons. The number of hydrogen-bond donors (Lipinski definition) is 2. The number of rotatable bonds is 4. The van der Waals surface area contributed by atoms with Crippen molar-refractivity contribution in [3.05, 3.63) is 35.9 Å². The minimum atomic E-state index is -0.822. The third kappa shape index (κ3) is 3.73. The van der Waals surface area contributed by atoms with Crippen molar-refractivity contribution in [1.82, 2.24) is 10.2 Å². The van der Waals surface area contributed by atoms with Crippen LogP contribution >= 0.6 is 0 Å². The van der Waals surface area contributed by atoms with Gasteiger partial charge in [-0.2, -0.15) is 0 Å². The molecular formula is C15H20N2O3. The van der Waals surface area contributed by atoms with Gasteiger partial charge in [-0.25, -0.2) is 4.79 Å². The molecule has 0 saturated carbocycles. The van der Waals surface area contributed by atoms with Crippen LogP contribution in [0.1, 0.15) is 18.9 Å². The lowest BCUT2D eigenvalue weighted by molar-refractivity contribution is -0.141. The molecule has 5 nitrogen and oxygen atoms in total. The van der Waals surface area contributed by atoms with Crippen LogP contribution in [-0.4, -0.2) is 41.1 Å². The minimum Gasteiger partial charge on any atom is -0.481 e. The van der Waals surface area contributed by atoms with Crippen molar-refractivity contribution in [2.45, 2.75) is 25.8 Å². The summed E-state index contributed by atoms with van der Waals surface area (Å²) in [6.45, 7) is 2.77. The van der Waals surface area contributed by atoms with E-state index in [0.717, 1.165) is 6.42 Å². The van der Waals surface area contributed by atoms with Crippen LogP contribution in [0.4, 0.5) is 4.79 Å². The Labute approximate surface area is 118 Å². The van der Waals surface area contributed by atoms with Gasteiger partial charge in [-0.05, 0) is 25.3 Å². The Hall–Kier alpha value is -2.04. The molecule has 1 heterocycles. The van der Waals surface area contributed by atoms with Gasteiger partial charge in [0.25, 0.3) is 0 Å². The van der Waals surface area contributed by atoms with E-state index in [-0.39, 0.29) is 12.1 Å². The molecule has 2 amide bonds. The lowest BCUT2D eigenvalue weighted by Crippen LogP contribution is -2.43. The van der Waals surface area contributed by atoms with E-state index in [1.807, 2.05) is 37.3 Å². The van der Waals surface area contributed by atoms with Crippen molar-refractivity contribution in [3.8, 4) is 0 Å². The molecule has 2 N–H and O–H groups in total. The van der Waals surface area contributed by atoms with Crippen LogP contribution < -0.4 is 5.32 Å². The van der Waals surface area contributed by atoms with E-state index in [9.17, 15) is 9.59 Å².